The Morgan fingerprint density at radius 3 is 1.56 bits per heavy atom. The molecule has 0 atom stereocenters. The molecule has 0 fully saturated rings. The van der Waals surface area contributed by atoms with E-state index >= 15 is 0 Å². The Morgan fingerprint density at radius 1 is 0.491 bits per heavy atom. The molecule has 2 aliphatic heterocycles. The van der Waals surface area contributed by atoms with Gasteiger partial charge in [0.05, 0.1) is 33.8 Å². The predicted octanol–water partition coefficient (Wildman–Crippen LogP) is 12.6. The summed E-state index contributed by atoms with van der Waals surface area (Å²) in [5.41, 5.74) is 16.6. The number of aromatic nitrogens is 4. The first-order valence-electron chi connectivity index (χ1n) is 18.8. The van der Waals surface area contributed by atoms with Crippen LogP contribution in [0.1, 0.15) is 28.3 Å². The summed E-state index contributed by atoms with van der Waals surface area (Å²) in [6, 6.07) is 61.6. The molecule has 0 spiro atoms. The molecular formula is C52H37N4Pt. The van der Waals surface area contributed by atoms with Crippen molar-refractivity contribution in [2.75, 3.05) is 0 Å². The minimum atomic E-state index is 0.889. The van der Waals surface area contributed by atoms with Gasteiger partial charge in [0.25, 0.3) is 0 Å². The number of nitrogens with zero attached hydrogens (tertiary/aromatic N) is 3. The third-order valence-corrected chi connectivity index (χ3v) is 10.7. The van der Waals surface area contributed by atoms with Gasteiger partial charge in [-0.15, -0.1) is 0 Å². The van der Waals surface area contributed by atoms with E-state index in [1.807, 2.05) is 6.08 Å². The van der Waals surface area contributed by atoms with Crippen molar-refractivity contribution in [3.8, 4) is 39.1 Å². The van der Waals surface area contributed by atoms with Gasteiger partial charge in [0.15, 0.2) is 0 Å². The van der Waals surface area contributed by atoms with Crippen LogP contribution in [0.25, 0.3) is 91.5 Å². The van der Waals surface area contributed by atoms with Crippen molar-refractivity contribution in [3.05, 3.63) is 211 Å². The average molecular weight is 913 g/mol. The molecule has 1 N–H and O–H groups in total. The third-order valence-electron chi connectivity index (χ3n) is 9.95. The summed E-state index contributed by atoms with van der Waals surface area (Å²) in [7, 11) is 0. The molecule has 8 aromatic rings. The maximum atomic E-state index is 5.29. The minimum absolute atomic E-state index is 0.889. The third kappa shape index (κ3) is 7.56. The molecule has 0 saturated heterocycles. The van der Waals surface area contributed by atoms with Crippen molar-refractivity contribution in [2.24, 2.45) is 0 Å². The molecule has 5 aromatic carbocycles. The number of rotatable bonds is 5. The van der Waals surface area contributed by atoms with E-state index in [9.17, 15) is 0 Å². The number of hydrogen-bond donors (Lipinski definition) is 1. The van der Waals surface area contributed by atoms with Crippen molar-refractivity contribution >= 4 is 56.4 Å². The molecule has 275 valence electrons. The molecule has 0 radical (unpaired) electrons. The Bertz CT molecular complexity index is 2940. The van der Waals surface area contributed by atoms with Crippen LogP contribution in [0.15, 0.2) is 183 Å². The zero-order valence-electron chi connectivity index (χ0n) is 31.0. The second-order valence-electron chi connectivity index (χ2n) is 13.7. The Morgan fingerprint density at radius 2 is 0.982 bits per heavy atom. The quantitative estimate of drug-likeness (QED) is 0.187. The Balaban J connectivity index is 0.000000417. The van der Waals surface area contributed by atoms with Gasteiger partial charge < -0.3 is 9.55 Å². The van der Waals surface area contributed by atoms with E-state index in [0.29, 0.717) is 0 Å². The van der Waals surface area contributed by atoms with Crippen molar-refractivity contribution in [1.82, 2.24) is 19.5 Å². The molecule has 5 heterocycles. The van der Waals surface area contributed by atoms with Gasteiger partial charge in [-0.1, -0.05) is 109 Å². The summed E-state index contributed by atoms with van der Waals surface area (Å²) < 4.78 is 3.67. The first kappa shape index (κ1) is 35.8. The summed E-state index contributed by atoms with van der Waals surface area (Å²) >= 11 is 2.26. The van der Waals surface area contributed by atoms with Crippen LogP contribution in [0, 0.1) is 0 Å². The van der Waals surface area contributed by atoms with E-state index in [-0.39, 0.29) is 0 Å². The molecule has 3 aromatic heterocycles. The van der Waals surface area contributed by atoms with Gasteiger partial charge in [-0.25, -0.2) is 9.97 Å². The van der Waals surface area contributed by atoms with Gasteiger partial charge >= 0.3 is 66.3 Å². The number of para-hydroxylation sites is 1. The van der Waals surface area contributed by atoms with Crippen molar-refractivity contribution in [2.45, 2.75) is 0 Å². The molecule has 0 unspecified atom stereocenters. The monoisotopic (exact) mass is 912 g/mol. The molecular weight excluding hydrogens is 876 g/mol. The van der Waals surface area contributed by atoms with Crippen molar-refractivity contribution in [3.63, 3.8) is 0 Å². The first-order chi connectivity index (χ1) is 28.1. The fraction of sp³-hybridized carbons (Fsp3) is 0. The van der Waals surface area contributed by atoms with Crippen LogP contribution in [0.2, 0.25) is 0 Å². The fourth-order valence-electron chi connectivity index (χ4n) is 7.40. The topological polar surface area (TPSA) is 46.5 Å². The molecule has 5 heteroatoms. The van der Waals surface area contributed by atoms with Crippen LogP contribution < -0.4 is 3.95 Å². The Kier molecular flexibility index (Phi) is 10.1. The summed E-state index contributed by atoms with van der Waals surface area (Å²) in [5, 5.41) is 0. The molecule has 2 aliphatic rings. The number of nitrogens with one attached hydrogen (secondary N) is 1. The number of aromatic amines is 1. The molecule has 4 nitrogen and oxygen atoms in total. The van der Waals surface area contributed by atoms with Gasteiger partial charge in [-0.2, -0.15) is 0 Å². The summed E-state index contributed by atoms with van der Waals surface area (Å²) in [5.74, 6) is 0. The van der Waals surface area contributed by atoms with E-state index in [2.05, 4.69) is 236 Å². The SMILES string of the molecule is C1=Cc2cc3c(-c4ccccc4)c(-c4ccccc4)c(c(-c4ccccc4)c4nc(cc5ccc(cc1n2)[nH]5)C=C4)n3-c1ccccc1.C=Cc1cc[c]([Pt])cc1. The standard InChI is InChI=1S/C44H30N4.C8H7.Pt/c1-5-13-30(14-6-1)41-39-26-25-36(47-39)28-35-22-21-33(45-35)27-34-23-24-37(46-34)29-40-42(31-15-7-2-8-16-31)43(32-17-9-3-10-18-32)44(41)48(40)38-19-11-4-12-20-38;1-2-8-6-4-3-5-7-8;/h1-29,45H;2,4-7H,1H2;. The molecule has 10 rings (SSSR count). The second kappa shape index (κ2) is 16.1. The average Bonchev–Trinajstić information content (AvgIpc) is 4.08. The van der Waals surface area contributed by atoms with Gasteiger partial charge in [-0.05, 0) is 83.5 Å². The van der Waals surface area contributed by atoms with Gasteiger partial charge in [0.2, 0.25) is 0 Å². The van der Waals surface area contributed by atoms with Crippen LogP contribution >= 0.6 is 0 Å². The summed E-state index contributed by atoms with van der Waals surface area (Å²) in [6.45, 7) is 3.66. The maximum absolute atomic E-state index is 5.29. The van der Waals surface area contributed by atoms with E-state index in [1.165, 1.54) is 9.52 Å². The predicted molar refractivity (Wildman–Crippen MR) is 236 cm³/mol. The van der Waals surface area contributed by atoms with Crippen LogP contribution in [-0.2, 0) is 19.8 Å². The number of H-pyrrole nitrogens is 1. The van der Waals surface area contributed by atoms with Crippen LogP contribution in [0.3, 0.4) is 0 Å². The fourth-order valence-corrected chi connectivity index (χ4v) is 7.78. The van der Waals surface area contributed by atoms with E-state index < -0.39 is 0 Å². The summed E-state index contributed by atoms with van der Waals surface area (Å²) in [6.07, 6.45) is 10.3. The number of fused-ring (bicyclic) bond motifs is 8. The molecule has 0 aliphatic carbocycles. The first-order valence-corrected chi connectivity index (χ1v) is 20.0. The zero-order valence-corrected chi connectivity index (χ0v) is 33.3. The van der Waals surface area contributed by atoms with Crippen molar-refractivity contribution < 1.29 is 19.8 Å². The normalized spacial score (nSPS) is 11.5. The van der Waals surface area contributed by atoms with Crippen LogP contribution in [0.5, 0.6) is 0 Å². The van der Waals surface area contributed by atoms with E-state index in [0.717, 1.165) is 83.9 Å². The molecule has 57 heavy (non-hydrogen) atoms. The van der Waals surface area contributed by atoms with Crippen molar-refractivity contribution in [1.29, 1.82) is 0 Å². The van der Waals surface area contributed by atoms with Crippen LogP contribution in [0.4, 0.5) is 0 Å². The molecule has 0 saturated carbocycles. The van der Waals surface area contributed by atoms with Gasteiger partial charge in [0.1, 0.15) is 0 Å². The van der Waals surface area contributed by atoms with E-state index in [4.69, 9.17) is 9.97 Å². The number of benzene rings is 5. The second-order valence-corrected chi connectivity index (χ2v) is 15.0. The van der Waals surface area contributed by atoms with Gasteiger partial charge in [-0.3, -0.25) is 0 Å². The molecule has 8 bridgehead atoms. The zero-order chi connectivity index (χ0) is 38.6. The number of hydrogen-bond acceptors (Lipinski definition) is 2. The summed E-state index contributed by atoms with van der Waals surface area (Å²) in [4.78, 5) is 13.9. The van der Waals surface area contributed by atoms with Crippen LogP contribution in [-0.4, -0.2) is 19.5 Å². The van der Waals surface area contributed by atoms with Gasteiger partial charge in [0, 0.05) is 33.4 Å². The Hall–Kier alpha value is -6.87. The van der Waals surface area contributed by atoms with E-state index in [1.54, 1.807) is 0 Å². The molecule has 0 amide bonds. The Labute approximate surface area is 343 Å².